The van der Waals surface area contributed by atoms with Gasteiger partial charge in [0.25, 0.3) is 0 Å². The summed E-state index contributed by atoms with van der Waals surface area (Å²) in [5, 5.41) is 0. The van der Waals surface area contributed by atoms with E-state index in [4.69, 9.17) is 0 Å². The maximum absolute atomic E-state index is 4.07. The summed E-state index contributed by atoms with van der Waals surface area (Å²) in [4.78, 5) is 0.774. The molecule has 1 aliphatic rings. The molecule has 0 aromatic heterocycles. The van der Waals surface area contributed by atoms with Gasteiger partial charge in [0.2, 0.25) is 0 Å². The molecule has 0 spiro atoms. The normalized spacial score (nSPS) is 21.9. The Hall–Kier alpha value is -0.950. The minimum atomic E-state index is 0.680. The first-order valence-electron chi connectivity index (χ1n) is 4.79. The second kappa shape index (κ2) is 5.71. The molecule has 1 atom stereocenters. The third-order valence-electron chi connectivity index (χ3n) is 2.03. The Kier molecular flexibility index (Phi) is 4.54. The zero-order valence-corrected chi connectivity index (χ0v) is 9.37. The van der Waals surface area contributed by atoms with E-state index < -0.39 is 0 Å². The molecule has 0 aromatic carbocycles. The second-order valence-corrected chi connectivity index (χ2v) is 4.06. The fourth-order valence-corrected chi connectivity index (χ4v) is 1.29. The van der Waals surface area contributed by atoms with Crippen LogP contribution in [0.15, 0.2) is 59.6 Å². The van der Waals surface area contributed by atoms with Gasteiger partial charge in [0.15, 0.2) is 0 Å². The zero-order valence-electron chi connectivity index (χ0n) is 8.48. The van der Waals surface area contributed by atoms with Crippen molar-refractivity contribution in [2.24, 2.45) is 5.92 Å². The zero-order chi connectivity index (χ0) is 10.4. The summed E-state index contributed by atoms with van der Waals surface area (Å²) in [6, 6.07) is 0. The van der Waals surface area contributed by atoms with Crippen LogP contribution in [0.25, 0.3) is 0 Å². The largest absolute Gasteiger partial charge is 0.144 e. The highest BCUT2D eigenvalue weighted by molar-refractivity contribution is 7.84. The van der Waals surface area contributed by atoms with Crippen molar-refractivity contribution < 1.29 is 0 Å². The predicted molar refractivity (Wildman–Crippen MR) is 67.4 cm³/mol. The van der Waals surface area contributed by atoms with Crippen LogP contribution in [-0.4, -0.2) is 0 Å². The highest BCUT2D eigenvalue weighted by Crippen LogP contribution is 2.16. The van der Waals surface area contributed by atoms with Gasteiger partial charge in [-0.2, -0.15) is 0 Å². The number of allylic oxidation sites excluding steroid dienone is 8. The molecule has 0 saturated heterocycles. The highest BCUT2D eigenvalue weighted by atomic mass is 32.1. The highest BCUT2D eigenvalue weighted by Gasteiger charge is 1.99. The van der Waals surface area contributed by atoms with Crippen molar-refractivity contribution in [1.82, 2.24) is 0 Å². The van der Waals surface area contributed by atoms with Crippen LogP contribution in [0.1, 0.15) is 13.3 Å². The molecular formula is C13H16S. The first kappa shape index (κ1) is 11.1. The Labute approximate surface area is 91.8 Å². The van der Waals surface area contributed by atoms with Gasteiger partial charge >= 0.3 is 0 Å². The summed E-state index contributed by atoms with van der Waals surface area (Å²) in [5.41, 5.74) is 1.28. The maximum atomic E-state index is 4.07. The average Bonchev–Trinajstić information content (AvgIpc) is 2.15. The summed E-state index contributed by atoms with van der Waals surface area (Å²) >= 11 is 4.07. The van der Waals surface area contributed by atoms with E-state index in [1.165, 1.54) is 5.57 Å². The lowest BCUT2D eigenvalue weighted by atomic mass is 9.98. The van der Waals surface area contributed by atoms with Crippen LogP contribution in [0.3, 0.4) is 0 Å². The number of rotatable bonds is 3. The minimum absolute atomic E-state index is 0.680. The van der Waals surface area contributed by atoms with E-state index in [2.05, 4.69) is 50.4 Å². The molecule has 14 heavy (non-hydrogen) atoms. The number of hydrogen-bond acceptors (Lipinski definition) is 1. The predicted octanol–water partition coefficient (Wildman–Crippen LogP) is 4.06. The third kappa shape index (κ3) is 4.33. The van der Waals surface area contributed by atoms with Crippen molar-refractivity contribution >= 4 is 12.6 Å². The van der Waals surface area contributed by atoms with E-state index in [1.54, 1.807) is 0 Å². The molecule has 74 valence electrons. The molecule has 0 aliphatic heterocycles. The third-order valence-corrected chi connectivity index (χ3v) is 2.18. The van der Waals surface area contributed by atoms with Gasteiger partial charge in [0.1, 0.15) is 0 Å². The van der Waals surface area contributed by atoms with E-state index in [1.807, 2.05) is 18.2 Å². The SMILES string of the molecule is C=C(S)/C=C\C=C\C1=CCC(C)C=C1. The lowest BCUT2D eigenvalue weighted by Gasteiger charge is -2.07. The Morgan fingerprint density at radius 1 is 1.57 bits per heavy atom. The van der Waals surface area contributed by atoms with Crippen molar-refractivity contribution in [3.8, 4) is 0 Å². The monoisotopic (exact) mass is 204 g/mol. The molecule has 0 heterocycles. The van der Waals surface area contributed by atoms with Gasteiger partial charge in [-0.1, -0.05) is 50.0 Å². The molecule has 1 unspecified atom stereocenters. The van der Waals surface area contributed by atoms with Crippen molar-refractivity contribution in [3.63, 3.8) is 0 Å². The van der Waals surface area contributed by atoms with E-state index in [9.17, 15) is 0 Å². The summed E-state index contributed by atoms with van der Waals surface area (Å²) < 4.78 is 0. The molecule has 0 radical (unpaired) electrons. The summed E-state index contributed by atoms with van der Waals surface area (Å²) in [7, 11) is 0. The van der Waals surface area contributed by atoms with Gasteiger partial charge < -0.3 is 0 Å². The molecule has 0 saturated carbocycles. The van der Waals surface area contributed by atoms with E-state index >= 15 is 0 Å². The molecule has 1 rings (SSSR count). The molecule has 1 heteroatoms. The van der Waals surface area contributed by atoms with Crippen LogP contribution >= 0.6 is 12.6 Å². The molecular weight excluding hydrogens is 188 g/mol. The van der Waals surface area contributed by atoms with E-state index in [0.29, 0.717) is 5.92 Å². The maximum Gasteiger partial charge on any atom is -0.00320 e. The Bertz CT molecular complexity index is 316. The molecule has 0 amide bonds. The van der Waals surface area contributed by atoms with Crippen molar-refractivity contribution in [2.75, 3.05) is 0 Å². The summed E-state index contributed by atoms with van der Waals surface area (Å²) in [5.74, 6) is 0.680. The number of thiol groups is 1. The average molecular weight is 204 g/mol. The fraction of sp³-hybridized carbons (Fsp3) is 0.231. The molecule has 0 bridgehead atoms. The van der Waals surface area contributed by atoms with Crippen LogP contribution in [0, 0.1) is 5.92 Å². The van der Waals surface area contributed by atoms with Crippen LogP contribution in [0.5, 0.6) is 0 Å². The molecule has 0 N–H and O–H groups in total. The van der Waals surface area contributed by atoms with Gasteiger partial charge in [-0.05, 0) is 28.9 Å². The minimum Gasteiger partial charge on any atom is -0.144 e. The smallest absolute Gasteiger partial charge is 0.00320 e. The fourth-order valence-electron chi connectivity index (χ4n) is 1.20. The van der Waals surface area contributed by atoms with Gasteiger partial charge in [0, 0.05) is 0 Å². The quantitative estimate of drug-likeness (QED) is 0.520. The lowest BCUT2D eigenvalue weighted by molar-refractivity contribution is 0.733. The Morgan fingerprint density at radius 2 is 2.36 bits per heavy atom. The van der Waals surface area contributed by atoms with E-state index in [-0.39, 0.29) is 0 Å². The number of hydrogen-bond donors (Lipinski definition) is 1. The topological polar surface area (TPSA) is 0 Å². The summed E-state index contributed by atoms with van der Waals surface area (Å²) in [6.07, 6.45) is 15.7. The molecule has 1 aliphatic carbocycles. The van der Waals surface area contributed by atoms with Gasteiger partial charge in [-0.25, -0.2) is 0 Å². The van der Waals surface area contributed by atoms with Crippen molar-refractivity contribution in [3.05, 3.63) is 59.6 Å². The van der Waals surface area contributed by atoms with Gasteiger partial charge in [0.05, 0.1) is 0 Å². The van der Waals surface area contributed by atoms with Crippen LogP contribution < -0.4 is 0 Å². The van der Waals surface area contributed by atoms with Crippen LogP contribution in [0.2, 0.25) is 0 Å². The van der Waals surface area contributed by atoms with Crippen LogP contribution in [-0.2, 0) is 0 Å². The van der Waals surface area contributed by atoms with E-state index in [0.717, 1.165) is 11.3 Å². The standard InChI is InChI=1S/C13H16S/c1-11-7-9-13(10-8-11)6-4-3-5-12(2)14/h3-7,9-11,14H,2,8H2,1H3/b5-3-,6-4+. The van der Waals surface area contributed by atoms with Crippen molar-refractivity contribution in [2.45, 2.75) is 13.3 Å². The van der Waals surface area contributed by atoms with Gasteiger partial charge in [-0.3, -0.25) is 0 Å². The summed E-state index contributed by atoms with van der Waals surface area (Å²) in [6.45, 7) is 5.88. The van der Waals surface area contributed by atoms with Gasteiger partial charge in [-0.15, -0.1) is 12.6 Å². The first-order chi connectivity index (χ1) is 6.68. The lowest BCUT2D eigenvalue weighted by Crippen LogP contribution is -1.92. The molecule has 0 nitrogen and oxygen atoms in total. The van der Waals surface area contributed by atoms with Crippen LogP contribution in [0.4, 0.5) is 0 Å². The second-order valence-electron chi connectivity index (χ2n) is 3.49. The Balaban J connectivity index is 2.46. The Morgan fingerprint density at radius 3 is 2.93 bits per heavy atom. The molecule has 0 aromatic rings. The van der Waals surface area contributed by atoms with Crippen molar-refractivity contribution in [1.29, 1.82) is 0 Å². The first-order valence-corrected chi connectivity index (χ1v) is 5.24. The molecule has 0 fully saturated rings.